The Kier molecular flexibility index (Phi) is 5.00. The first-order valence-electron chi connectivity index (χ1n) is 6.53. The number of amides is 2. The molecule has 0 radical (unpaired) electrons. The van der Waals surface area contributed by atoms with E-state index in [-0.39, 0.29) is 30.1 Å². The number of halogens is 1. The lowest BCUT2D eigenvalue weighted by Gasteiger charge is -2.26. The maximum atomic E-state index is 13.7. The summed E-state index contributed by atoms with van der Waals surface area (Å²) in [6.07, 6.45) is 1.01. The molecule has 0 saturated carbocycles. The van der Waals surface area contributed by atoms with Crippen molar-refractivity contribution in [3.05, 3.63) is 29.6 Å². The molecule has 0 spiro atoms. The van der Waals surface area contributed by atoms with Gasteiger partial charge in [-0.3, -0.25) is 9.59 Å². The minimum atomic E-state index is -0.232. The van der Waals surface area contributed by atoms with Crippen LogP contribution in [0.3, 0.4) is 0 Å². The molecular formula is C14H17FN2O2S. The summed E-state index contributed by atoms with van der Waals surface area (Å²) in [6, 6.07) is 4.80. The van der Waals surface area contributed by atoms with Crippen molar-refractivity contribution >= 4 is 23.6 Å². The monoisotopic (exact) mass is 296 g/mol. The van der Waals surface area contributed by atoms with Crippen LogP contribution in [-0.2, 0) is 9.59 Å². The fraction of sp³-hybridized carbons (Fsp3) is 0.429. The van der Waals surface area contributed by atoms with E-state index in [2.05, 4.69) is 10.6 Å². The lowest BCUT2D eigenvalue weighted by molar-refractivity contribution is -0.122. The highest BCUT2D eigenvalue weighted by molar-refractivity contribution is 7.99. The van der Waals surface area contributed by atoms with E-state index in [4.69, 9.17) is 0 Å². The standard InChI is InChI=1S/C14H17FN2O2S/c1-9(18)16-7-5-13(19)17-12-6-8-20-14-10(12)3-2-4-11(14)15/h2-4,12H,5-8H2,1H3,(H,16,18)(H,17,19)/t12-/m0/s1. The highest BCUT2D eigenvalue weighted by Crippen LogP contribution is 2.37. The van der Waals surface area contributed by atoms with Crippen molar-refractivity contribution in [2.75, 3.05) is 12.3 Å². The quantitative estimate of drug-likeness (QED) is 0.893. The summed E-state index contributed by atoms with van der Waals surface area (Å²) in [5.41, 5.74) is 0.842. The average Bonchev–Trinajstić information content (AvgIpc) is 2.39. The molecule has 2 amide bonds. The van der Waals surface area contributed by atoms with Crippen LogP contribution in [0, 0.1) is 5.82 Å². The Labute approximate surface area is 121 Å². The van der Waals surface area contributed by atoms with Crippen molar-refractivity contribution in [1.82, 2.24) is 10.6 Å². The molecule has 1 aromatic carbocycles. The van der Waals surface area contributed by atoms with Crippen molar-refractivity contribution < 1.29 is 14.0 Å². The molecule has 0 saturated heterocycles. The first kappa shape index (κ1) is 14.8. The molecule has 1 aliphatic rings. The van der Waals surface area contributed by atoms with Crippen LogP contribution in [0.25, 0.3) is 0 Å². The first-order valence-corrected chi connectivity index (χ1v) is 7.51. The molecule has 20 heavy (non-hydrogen) atoms. The summed E-state index contributed by atoms with van der Waals surface area (Å²) < 4.78 is 13.7. The summed E-state index contributed by atoms with van der Waals surface area (Å²) in [6.45, 7) is 1.73. The molecule has 2 N–H and O–H groups in total. The van der Waals surface area contributed by atoms with Gasteiger partial charge in [0.25, 0.3) is 0 Å². The lowest BCUT2D eigenvalue weighted by atomic mass is 10.0. The van der Waals surface area contributed by atoms with Crippen LogP contribution < -0.4 is 10.6 Å². The maximum Gasteiger partial charge on any atom is 0.222 e. The normalized spacial score (nSPS) is 17.2. The van der Waals surface area contributed by atoms with Gasteiger partial charge in [0.15, 0.2) is 0 Å². The third-order valence-corrected chi connectivity index (χ3v) is 4.25. The van der Waals surface area contributed by atoms with Crippen LogP contribution in [0.2, 0.25) is 0 Å². The molecule has 1 heterocycles. The highest BCUT2D eigenvalue weighted by atomic mass is 32.2. The molecule has 108 valence electrons. The second-order valence-electron chi connectivity index (χ2n) is 4.65. The minimum absolute atomic E-state index is 0.133. The van der Waals surface area contributed by atoms with E-state index >= 15 is 0 Å². The third kappa shape index (κ3) is 3.72. The van der Waals surface area contributed by atoms with E-state index in [1.807, 2.05) is 6.07 Å². The van der Waals surface area contributed by atoms with E-state index in [1.165, 1.54) is 24.8 Å². The van der Waals surface area contributed by atoms with Gasteiger partial charge < -0.3 is 10.6 Å². The Bertz CT molecular complexity index is 522. The summed E-state index contributed by atoms with van der Waals surface area (Å²) >= 11 is 1.48. The zero-order valence-corrected chi connectivity index (χ0v) is 12.1. The molecule has 1 aliphatic heterocycles. The molecule has 0 aliphatic carbocycles. The molecule has 0 aromatic heterocycles. The van der Waals surface area contributed by atoms with Gasteiger partial charge in [-0.05, 0) is 18.1 Å². The number of nitrogens with one attached hydrogen (secondary N) is 2. The van der Waals surface area contributed by atoms with Crippen molar-refractivity contribution in [1.29, 1.82) is 0 Å². The Morgan fingerprint density at radius 1 is 1.45 bits per heavy atom. The zero-order chi connectivity index (χ0) is 14.5. The summed E-state index contributed by atoms with van der Waals surface area (Å²) in [4.78, 5) is 23.2. The fourth-order valence-electron chi connectivity index (χ4n) is 2.16. The average molecular weight is 296 g/mol. The van der Waals surface area contributed by atoms with Crippen molar-refractivity contribution in [3.63, 3.8) is 0 Å². The van der Waals surface area contributed by atoms with Gasteiger partial charge in [0.1, 0.15) is 5.82 Å². The molecule has 4 nitrogen and oxygen atoms in total. The smallest absolute Gasteiger partial charge is 0.222 e. The van der Waals surface area contributed by atoms with Crippen LogP contribution >= 0.6 is 11.8 Å². The first-order chi connectivity index (χ1) is 9.58. The van der Waals surface area contributed by atoms with Crippen LogP contribution in [0.15, 0.2) is 23.1 Å². The highest BCUT2D eigenvalue weighted by Gasteiger charge is 2.24. The summed E-state index contributed by atoms with van der Waals surface area (Å²) in [7, 11) is 0. The topological polar surface area (TPSA) is 58.2 Å². The molecule has 0 bridgehead atoms. The van der Waals surface area contributed by atoms with Crippen LogP contribution in [-0.4, -0.2) is 24.1 Å². The number of carbonyl (C=O) groups is 2. The van der Waals surface area contributed by atoms with E-state index in [9.17, 15) is 14.0 Å². The zero-order valence-electron chi connectivity index (χ0n) is 11.2. The van der Waals surface area contributed by atoms with Gasteiger partial charge in [-0.25, -0.2) is 4.39 Å². The summed E-state index contributed by atoms with van der Waals surface area (Å²) in [5.74, 6) is 0.264. The van der Waals surface area contributed by atoms with Crippen molar-refractivity contribution in [2.45, 2.75) is 30.7 Å². The predicted molar refractivity (Wildman–Crippen MR) is 75.9 cm³/mol. The molecule has 6 heteroatoms. The second-order valence-corrected chi connectivity index (χ2v) is 5.75. The van der Waals surface area contributed by atoms with Crippen LogP contribution in [0.1, 0.15) is 31.4 Å². The SMILES string of the molecule is CC(=O)NCCC(=O)N[C@H]1CCSc2c(F)cccc21. The van der Waals surface area contributed by atoms with Gasteiger partial charge in [0, 0.05) is 30.5 Å². The van der Waals surface area contributed by atoms with Crippen molar-refractivity contribution in [3.8, 4) is 0 Å². The Morgan fingerprint density at radius 3 is 3.00 bits per heavy atom. The third-order valence-electron chi connectivity index (χ3n) is 3.09. The van der Waals surface area contributed by atoms with Crippen LogP contribution in [0.5, 0.6) is 0 Å². The van der Waals surface area contributed by atoms with Gasteiger partial charge in [0.05, 0.1) is 6.04 Å². The van der Waals surface area contributed by atoms with E-state index in [0.717, 1.165) is 17.7 Å². The number of thioether (sulfide) groups is 1. The largest absolute Gasteiger partial charge is 0.356 e. The van der Waals surface area contributed by atoms with Gasteiger partial charge >= 0.3 is 0 Å². The molecule has 1 aromatic rings. The molecule has 2 rings (SSSR count). The summed E-state index contributed by atoms with van der Waals surface area (Å²) in [5, 5.41) is 5.48. The number of hydrogen-bond acceptors (Lipinski definition) is 3. The Morgan fingerprint density at radius 2 is 2.25 bits per heavy atom. The number of fused-ring (bicyclic) bond motifs is 1. The maximum absolute atomic E-state index is 13.7. The van der Waals surface area contributed by atoms with Gasteiger partial charge in [-0.2, -0.15) is 0 Å². The Balaban J connectivity index is 1.96. The number of hydrogen-bond donors (Lipinski definition) is 2. The van der Waals surface area contributed by atoms with E-state index in [0.29, 0.717) is 11.4 Å². The van der Waals surface area contributed by atoms with Crippen LogP contribution in [0.4, 0.5) is 4.39 Å². The number of benzene rings is 1. The fourth-order valence-corrected chi connectivity index (χ4v) is 3.30. The van der Waals surface area contributed by atoms with Gasteiger partial charge in [-0.1, -0.05) is 12.1 Å². The van der Waals surface area contributed by atoms with Gasteiger partial charge in [-0.15, -0.1) is 11.8 Å². The number of carbonyl (C=O) groups excluding carboxylic acids is 2. The van der Waals surface area contributed by atoms with E-state index < -0.39 is 0 Å². The predicted octanol–water partition coefficient (Wildman–Crippen LogP) is 2.00. The molecule has 0 fully saturated rings. The van der Waals surface area contributed by atoms with Crippen molar-refractivity contribution in [2.24, 2.45) is 0 Å². The molecular weight excluding hydrogens is 279 g/mol. The minimum Gasteiger partial charge on any atom is -0.356 e. The lowest BCUT2D eigenvalue weighted by Crippen LogP contribution is -2.33. The van der Waals surface area contributed by atoms with Gasteiger partial charge in [0.2, 0.25) is 11.8 Å². The number of rotatable bonds is 4. The van der Waals surface area contributed by atoms with E-state index in [1.54, 1.807) is 6.07 Å². The second kappa shape index (κ2) is 6.74. The molecule has 1 atom stereocenters. The molecule has 0 unspecified atom stereocenters. The Hall–Kier alpha value is -1.56.